The molecular weight excluding hydrogens is 292 g/mol. The van der Waals surface area contributed by atoms with Crippen LogP contribution in [0.2, 0.25) is 0 Å². The Bertz CT molecular complexity index is 544. The Hall–Kier alpha value is -1.04. The molecule has 0 aliphatic rings. The quantitative estimate of drug-likeness (QED) is 0.704. The molecule has 2 aromatic rings. The molecule has 1 aromatic heterocycles. The molecule has 0 saturated carbocycles. The third-order valence-corrected chi connectivity index (χ3v) is 4.39. The van der Waals surface area contributed by atoms with Gasteiger partial charge in [0.05, 0.1) is 0 Å². The normalized spacial score (nSPS) is 13.1. The molecule has 5 heteroatoms. The second kappa shape index (κ2) is 8.41. The minimum atomic E-state index is -2.39. The van der Waals surface area contributed by atoms with E-state index < -0.39 is 13.0 Å². The lowest BCUT2D eigenvalue weighted by atomic mass is 10.0. The predicted molar refractivity (Wildman–Crippen MR) is 84.4 cm³/mol. The van der Waals surface area contributed by atoms with E-state index in [1.54, 1.807) is 11.3 Å². The van der Waals surface area contributed by atoms with Gasteiger partial charge in [-0.3, -0.25) is 0 Å². The molecule has 0 aliphatic carbocycles. The lowest BCUT2D eigenvalue weighted by Crippen LogP contribution is -2.32. The van der Waals surface area contributed by atoms with E-state index in [1.165, 1.54) is 15.6 Å². The van der Waals surface area contributed by atoms with Gasteiger partial charge in [0.15, 0.2) is 0 Å². The van der Waals surface area contributed by atoms with Gasteiger partial charge in [-0.15, -0.1) is 11.3 Å². The average molecular weight is 313 g/mol. The molecule has 2 nitrogen and oxygen atoms in total. The predicted octanol–water partition coefficient (Wildman–Crippen LogP) is 4.09. The maximum atomic E-state index is 12.0. The molecule has 21 heavy (non-hydrogen) atoms. The first-order valence-corrected chi connectivity index (χ1v) is 8.13. The van der Waals surface area contributed by atoms with Crippen molar-refractivity contribution in [1.29, 1.82) is 0 Å². The molecule has 1 atom stereocenters. The Morgan fingerprint density at radius 3 is 2.86 bits per heavy atom. The fourth-order valence-electron chi connectivity index (χ4n) is 2.42. The van der Waals surface area contributed by atoms with Crippen molar-refractivity contribution in [3.05, 3.63) is 35.2 Å². The fourth-order valence-corrected chi connectivity index (χ4v) is 3.39. The van der Waals surface area contributed by atoms with E-state index in [-0.39, 0.29) is 6.04 Å². The fraction of sp³-hybridized carbons (Fsp3) is 0.500. The lowest BCUT2D eigenvalue weighted by molar-refractivity contribution is 0.0144. The van der Waals surface area contributed by atoms with Crippen molar-refractivity contribution in [2.45, 2.75) is 32.2 Å². The molecule has 0 bridgehead atoms. The van der Waals surface area contributed by atoms with Crippen LogP contribution >= 0.6 is 11.3 Å². The number of fused-ring (bicyclic) bond motifs is 1. The smallest absolute Gasteiger partial charge is 0.261 e. The highest BCUT2D eigenvalue weighted by atomic mass is 32.1. The monoisotopic (exact) mass is 313 g/mol. The van der Waals surface area contributed by atoms with E-state index in [0.717, 1.165) is 19.4 Å². The highest BCUT2D eigenvalue weighted by Crippen LogP contribution is 2.26. The molecule has 0 spiro atoms. The molecule has 1 unspecified atom stereocenters. The van der Waals surface area contributed by atoms with Gasteiger partial charge in [-0.2, -0.15) is 0 Å². The average Bonchev–Trinajstić information content (AvgIpc) is 2.87. The molecule has 0 fully saturated rings. The Morgan fingerprint density at radius 1 is 1.29 bits per heavy atom. The van der Waals surface area contributed by atoms with Crippen LogP contribution in [0.15, 0.2) is 29.6 Å². The van der Waals surface area contributed by atoms with Gasteiger partial charge in [0.25, 0.3) is 6.43 Å². The molecule has 0 saturated heterocycles. The van der Waals surface area contributed by atoms with Crippen LogP contribution in [0.5, 0.6) is 0 Å². The molecule has 1 aromatic carbocycles. The Morgan fingerprint density at radius 2 is 2.10 bits per heavy atom. The summed E-state index contributed by atoms with van der Waals surface area (Å²) in [7, 11) is 0. The third-order valence-electron chi connectivity index (χ3n) is 3.37. The Labute approximate surface area is 128 Å². The summed E-state index contributed by atoms with van der Waals surface area (Å²) < 4.78 is 30.4. The molecule has 1 heterocycles. The molecule has 0 radical (unpaired) electrons. The molecule has 1 N–H and O–H groups in total. The van der Waals surface area contributed by atoms with E-state index in [9.17, 15) is 8.78 Å². The summed E-state index contributed by atoms with van der Waals surface area (Å²) in [6.45, 7) is 2.81. The van der Waals surface area contributed by atoms with Gasteiger partial charge in [-0.1, -0.05) is 25.1 Å². The molecule has 116 valence electrons. The number of likely N-dealkylation sites (N-methyl/N-ethyl adjacent to an activating group) is 1. The number of hydrogen-bond acceptors (Lipinski definition) is 3. The summed E-state index contributed by atoms with van der Waals surface area (Å²) in [5.41, 5.74) is 1.32. The van der Waals surface area contributed by atoms with Crippen molar-refractivity contribution in [1.82, 2.24) is 5.32 Å². The zero-order chi connectivity index (χ0) is 15.1. The minimum absolute atomic E-state index is 0.255. The standard InChI is InChI=1S/C16H21F2NOS/c1-2-19-13(7-8-20-10-16(17)18)9-12-11-21-15-6-4-3-5-14(12)15/h3-6,11,13,16,19H,2,7-10H2,1H3. The number of halogens is 2. The van der Waals surface area contributed by atoms with Crippen LogP contribution in [0.1, 0.15) is 18.9 Å². The summed E-state index contributed by atoms with van der Waals surface area (Å²) in [5.74, 6) is 0. The maximum Gasteiger partial charge on any atom is 0.261 e. The number of hydrogen-bond donors (Lipinski definition) is 1. The molecule has 2 rings (SSSR count). The van der Waals surface area contributed by atoms with Crippen molar-refractivity contribution in [3.8, 4) is 0 Å². The van der Waals surface area contributed by atoms with E-state index in [0.29, 0.717) is 6.61 Å². The number of thiophene rings is 1. The van der Waals surface area contributed by atoms with E-state index in [4.69, 9.17) is 4.74 Å². The Kier molecular flexibility index (Phi) is 6.54. The summed E-state index contributed by atoms with van der Waals surface area (Å²) in [6, 6.07) is 8.61. The summed E-state index contributed by atoms with van der Waals surface area (Å²) in [6.07, 6.45) is -0.746. The number of nitrogens with one attached hydrogen (secondary N) is 1. The van der Waals surface area contributed by atoms with Gasteiger partial charge in [0.1, 0.15) is 6.61 Å². The number of alkyl halides is 2. The van der Waals surface area contributed by atoms with Crippen molar-refractivity contribution >= 4 is 21.4 Å². The van der Waals surface area contributed by atoms with Gasteiger partial charge < -0.3 is 10.1 Å². The van der Waals surface area contributed by atoms with Crippen molar-refractivity contribution in [2.24, 2.45) is 0 Å². The minimum Gasteiger partial charge on any atom is -0.375 e. The summed E-state index contributed by atoms with van der Waals surface area (Å²) in [4.78, 5) is 0. The van der Waals surface area contributed by atoms with Crippen LogP contribution in [0.4, 0.5) is 8.78 Å². The van der Waals surface area contributed by atoms with Crippen LogP contribution in [0.25, 0.3) is 10.1 Å². The van der Waals surface area contributed by atoms with Gasteiger partial charge >= 0.3 is 0 Å². The number of rotatable bonds is 9. The van der Waals surface area contributed by atoms with E-state index in [2.05, 4.69) is 29.8 Å². The van der Waals surface area contributed by atoms with Crippen molar-refractivity contribution < 1.29 is 13.5 Å². The first-order valence-electron chi connectivity index (χ1n) is 7.25. The van der Waals surface area contributed by atoms with E-state index >= 15 is 0 Å². The van der Waals surface area contributed by atoms with Crippen molar-refractivity contribution in [2.75, 3.05) is 19.8 Å². The number of ether oxygens (including phenoxy) is 1. The van der Waals surface area contributed by atoms with Crippen LogP contribution in [0.3, 0.4) is 0 Å². The van der Waals surface area contributed by atoms with E-state index in [1.807, 2.05) is 12.1 Å². The van der Waals surface area contributed by atoms with Crippen LogP contribution in [-0.4, -0.2) is 32.2 Å². The van der Waals surface area contributed by atoms with Gasteiger partial charge in [0, 0.05) is 17.3 Å². The molecule has 0 amide bonds. The Balaban J connectivity index is 1.92. The summed E-state index contributed by atoms with van der Waals surface area (Å²) in [5, 5.41) is 6.89. The second-order valence-electron chi connectivity index (χ2n) is 4.97. The molecular formula is C16H21F2NOS. The van der Waals surface area contributed by atoms with Crippen LogP contribution in [-0.2, 0) is 11.2 Å². The highest BCUT2D eigenvalue weighted by Gasteiger charge is 2.12. The van der Waals surface area contributed by atoms with Crippen LogP contribution < -0.4 is 5.32 Å². The zero-order valence-corrected chi connectivity index (χ0v) is 13.0. The van der Waals surface area contributed by atoms with Crippen molar-refractivity contribution in [3.63, 3.8) is 0 Å². The SMILES string of the molecule is CCNC(CCOCC(F)F)Cc1csc2ccccc12. The lowest BCUT2D eigenvalue weighted by Gasteiger charge is -2.17. The van der Waals surface area contributed by atoms with Crippen LogP contribution in [0, 0.1) is 0 Å². The maximum absolute atomic E-state index is 12.0. The van der Waals surface area contributed by atoms with Gasteiger partial charge in [-0.05, 0) is 41.8 Å². The van der Waals surface area contributed by atoms with Gasteiger partial charge in [-0.25, -0.2) is 8.78 Å². The first-order chi connectivity index (χ1) is 10.2. The summed E-state index contributed by atoms with van der Waals surface area (Å²) >= 11 is 1.75. The largest absolute Gasteiger partial charge is 0.375 e. The first kappa shape index (κ1) is 16.3. The van der Waals surface area contributed by atoms with Gasteiger partial charge in [0.2, 0.25) is 0 Å². The topological polar surface area (TPSA) is 21.3 Å². The highest BCUT2D eigenvalue weighted by molar-refractivity contribution is 7.17. The zero-order valence-electron chi connectivity index (χ0n) is 12.1. The number of benzene rings is 1. The third kappa shape index (κ3) is 5.02. The second-order valence-corrected chi connectivity index (χ2v) is 5.88. The molecule has 0 aliphatic heterocycles.